The van der Waals surface area contributed by atoms with E-state index in [2.05, 4.69) is 18.9 Å². The number of ether oxygens (including phenoxy) is 1. The van der Waals surface area contributed by atoms with Crippen molar-refractivity contribution < 1.29 is 4.74 Å². The summed E-state index contributed by atoms with van der Waals surface area (Å²) in [4.78, 5) is 2.49. The van der Waals surface area contributed by atoms with E-state index in [0.29, 0.717) is 0 Å². The molecule has 2 aliphatic carbocycles. The third-order valence-electron chi connectivity index (χ3n) is 4.63. The lowest BCUT2D eigenvalue weighted by Gasteiger charge is -2.41. The van der Waals surface area contributed by atoms with Crippen molar-refractivity contribution in [1.29, 1.82) is 0 Å². The molecule has 2 saturated carbocycles. The molecule has 0 radical (unpaired) electrons. The van der Waals surface area contributed by atoms with Gasteiger partial charge in [0.05, 0.1) is 12.1 Å². The summed E-state index contributed by atoms with van der Waals surface area (Å²) in [5.41, 5.74) is 6.15. The molecular formula is C13H26N2O. The minimum Gasteiger partial charge on any atom is -0.383 e. The first-order valence-corrected chi connectivity index (χ1v) is 6.54. The molecule has 16 heavy (non-hydrogen) atoms. The maximum Gasteiger partial charge on any atom is 0.0661 e. The Bertz CT molecular complexity index is 242. The predicted molar refractivity (Wildman–Crippen MR) is 66.3 cm³/mol. The van der Waals surface area contributed by atoms with E-state index in [9.17, 15) is 0 Å². The highest BCUT2D eigenvalue weighted by Crippen LogP contribution is 2.45. The van der Waals surface area contributed by atoms with Gasteiger partial charge in [-0.3, -0.25) is 4.90 Å². The largest absolute Gasteiger partial charge is 0.383 e. The van der Waals surface area contributed by atoms with E-state index in [1.165, 1.54) is 25.8 Å². The minimum absolute atomic E-state index is 0.108. The Morgan fingerprint density at radius 3 is 2.44 bits per heavy atom. The second kappa shape index (κ2) is 4.63. The molecule has 94 valence electrons. The summed E-state index contributed by atoms with van der Waals surface area (Å²) in [6.45, 7) is 5.04. The molecule has 2 aliphatic rings. The molecule has 2 fully saturated rings. The zero-order valence-electron chi connectivity index (χ0n) is 10.9. The Hall–Kier alpha value is -0.120. The van der Waals surface area contributed by atoms with Crippen LogP contribution in [0.25, 0.3) is 0 Å². The molecule has 3 atom stereocenters. The fourth-order valence-corrected chi connectivity index (χ4v) is 2.98. The van der Waals surface area contributed by atoms with Gasteiger partial charge in [-0.25, -0.2) is 0 Å². The average molecular weight is 226 g/mol. The van der Waals surface area contributed by atoms with Gasteiger partial charge in [0.2, 0.25) is 0 Å². The van der Waals surface area contributed by atoms with E-state index in [0.717, 1.165) is 30.9 Å². The summed E-state index contributed by atoms with van der Waals surface area (Å²) in [5, 5.41) is 0. The van der Waals surface area contributed by atoms with Gasteiger partial charge in [0, 0.05) is 20.2 Å². The summed E-state index contributed by atoms with van der Waals surface area (Å²) in [6, 6.07) is 0. The molecule has 0 aliphatic heterocycles. The van der Waals surface area contributed by atoms with Crippen LogP contribution in [0, 0.1) is 17.8 Å². The predicted octanol–water partition coefficient (Wildman–Crippen LogP) is 1.33. The Morgan fingerprint density at radius 2 is 2.06 bits per heavy atom. The third kappa shape index (κ3) is 2.27. The van der Waals surface area contributed by atoms with E-state index in [4.69, 9.17) is 10.5 Å². The number of nitrogens with two attached hydrogens (primary N) is 1. The summed E-state index contributed by atoms with van der Waals surface area (Å²) in [6.07, 6.45) is 4.04. The van der Waals surface area contributed by atoms with Crippen molar-refractivity contribution in [1.82, 2.24) is 4.90 Å². The second-order valence-electron chi connectivity index (χ2n) is 5.87. The first kappa shape index (κ1) is 12.3. The van der Waals surface area contributed by atoms with Gasteiger partial charge in [0.25, 0.3) is 0 Å². The van der Waals surface area contributed by atoms with Gasteiger partial charge in [0.15, 0.2) is 0 Å². The second-order valence-corrected chi connectivity index (χ2v) is 5.87. The smallest absolute Gasteiger partial charge is 0.0661 e. The normalized spacial score (nSPS) is 32.8. The molecule has 0 bridgehead atoms. The Kier molecular flexibility index (Phi) is 3.57. The maximum absolute atomic E-state index is 6.04. The quantitative estimate of drug-likeness (QED) is 0.712. The van der Waals surface area contributed by atoms with E-state index < -0.39 is 0 Å². The lowest BCUT2D eigenvalue weighted by molar-refractivity contribution is 0.0120. The van der Waals surface area contributed by atoms with Gasteiger partial charge in [-0.15, -0.1) is 0 Å². The monoisotopic (exact) mass is 226 g/mol. The number of rotatable bonds is 7. The summed E-state index contributed by atoms with van der Waals surface area (Å²) in [5.74, 6) is 2.57. The number of nitrogens with zero attached hydrogens (tertiary/aromatic N) is 1. The molecule has 0 aromatic rings. The Balaban J connectivity index is 1.98. The van der Waals surface area contributed by atoms with Crippen LogP contribution in [-0.4, -0.2) is 44.3 Å². The van der Waals surface area contributed by atoms with Gasteiger partial charge < -0.3 is 10.5 Å². The molecular weight excluding hydrogens is 200 g/mol. The summed E-state index contributed by atoms with van der Waals surface area (Å²) in [7, 11) is 4.02. The van der Waals surface area contributed by atoms with E-state index in [1.807, 2.05) is 0 Å². The van der Waals surface area contributed by atoms with Crippen molar-refractivity contribution in [3.05, 3.63) is 0 Å². The molecule has 3 heteroatoms. The van der Waals surface area contributed by atoms with Crippen LogP contribution >= 0.6 is 0 Å². The third-order valence-corrected chi connectivity index (χ3v) is 4.63. The van der Waals surface area contributed by atoms with Crippen LogP contribution in [0.3, 0.4) is 0 Å². The van der Waals surface area contributed by atoms with Gasteiger partial charge in [-0.1, -0.05) is 6.92 Å². The van der Waals surface area contributed by atoms with Crippen molar-refractivity contribution in [3.63, 3.8) is 0 Å². The molecule has 0 heterocycles. The first-order chi connectivity index (χ1) is 7.64. The Labute approximate surface area is 99.3 Å². The summed E-state index contributed by atoms with van der Waals surface area (Å²) >= 11 is 0. The molecule has 2 rings (SSSR count). The standard InChI is InChI=1S/C13H26N2O/c1-10-6-11(10)7-15(2)13(8-14,9-16-3)12-4-5-12/h10-12H,4-9,14H2,1-3H3. The van der Waals surface area contributed by atoms with Crippen molar-refractivity contribution >= 4 is 0 Å². The molecule has 3 unspecified atom stereocenters. The number of methoxy groups -OCH3 is 1. The average Bonchev–Trinajstić information content (AvgIpc) is 3.13. The fraction of sp³-hybridized carbons (Fsp3) is 1.00. The van der Waals surface area contributed by atoms with Gasteiger partial charge in [-0.05, 0) is 44.1 Å². The highest BCUT2D eigenvalue weighted by molar-refractivity contribution is 5.04. The van der Waals surface area contributed by atoms with Crippen molar-refractivity contribution in [2.24, 2.45) is 23.5 Å². The highest BCUT2D eigenvalue weighted by Gasteiger charge is 2.48. The zero-order valence-corrected chi connectivity index (χ0v) is 10.9. The van der Waals surface area contributed by atoms with Crippen LogP contribution in [-0.2, 0) is 4.74 Å². The van der Waals surface area contributed by atoms with Crippen molar-refractivity contribution in [3.8, 4) is 0 Å². The first-order valence-electron chi connectivity index (χ1n) is 6.54. The molecule has 3 nitrogen and oxygen atoms in total. The maximum atomic E-state index is 6.04. The van der Waals surface area contributed by atoms with Crippen molar-refractivity contribution in [2.45, 2.75) is 31.7 Å². The van der Waals surface area contributed by atoms with Crippen LogP contribution in [0.1, 0.15) is 26.2 Å². The zero-order chi connectivity index (χ0) is 11.8. The van der Waals surface area contributed by atoms with Crippen LogP contribution in [0.15, 0.2) is 0 Å². The van der Waals surface area contributed by atoms with Gasteiger partial charge in [0.1, 0.15) is 0 Å². The number of likely N-dealkylation sites (N-methyl/N-ethyl adjacent to an activating group) is 1. The number of hydrogen-bond donors (Lipinski definition) is 1. The topological polar surface area (TPSA) is 38.5 Å². The Morgan fingerprint density at radius 1 is 1.44 bits per heavy atom. The highest BCUT2D eigenvalue weighted by atomic mass is 16.5. The molecule has 0 aromatic heterocycles. The van der Waals surface area contributed by atoms with Gasteiger partial charge in [-0.2, -0.15) is 0 Å². The lowest BCUT2D eigenvalue weighted by Crippen LogP contribution is -2.57. The van der Waals surface area contributed by atoms with E-state index in [-0.39, 0.29) is 5.54 Å². The van der Waals surface area contributed by atoms with E-state index in [1.54, 1.807) is 7.11 Å². The summed E-state index contributed by atoms with van der Waals surface area (Å²) < 4.78 is 5.43. The SMILES string of the molecule is COCC(CN)(C1CC1)N(C)CC1CC1C. The molecule has 0 aromatic carbocycles. The minimum atomic E-state index is 0.108. The molecule has 0 saturated heterocycles. The lowest BCUT2D eigenvalue weighted by atomic mass is 9.92. The molecule has 0 amide bonds. The number of hydrogen-bond acceptors (Lipinski definition) is 3. The molecule has 2 N–H and O–H groups in total. The van der Waals surface area contributed by atoms with Crippen LogP contribution in [0.4, 0.5) is 0 Å². The molecule has 0 spiro atoms. The van der Waals surface area contributed by atoms with Gasteiger partial charge >= 0.3 is 0 Å². The van der Waals surface area contributed by atoms with E-state index >= 15 is 0 Å². The fourth-order valence-electron chi connectivity index (χ4n) is 2.98. The van der Waals surface area contributed by atoms with Crippen molar-refractivity contribution in [2.75, 3.05) is 33.9 Å². The van der Waals surface area contributed by atoms with Crippen LogP contribution in [0.5, 0.6) is 0 Å². The van der Waals surface area contributed by atoms with Crippen LogP contribution < -0.4 is 5.73 Å². The van der Waals surface area contributed by atoms with Crippen LogP contribution in [0.2, 0.25) is 0 Å².